The molecule has 158 valence electrons. The van der Waals surface area contributed by atoms with Gasteiger partial charge < -0.3 is 20.1 Å². The van der Waals surface area contributed by atoms with Crippen LogP contribution in [-0.4, -0.2) is 40.6 Å². The van der Waals surface area contributed by atoms with Gasteiger partial charge in [0.25, 0.3) is 0 Å². The van der Waals surface area contributed by atoms with Crippen molar-refractivity contribution in [2.45, 2.75) is 38.8 Å². The number of rotatable bonds is 4. The van der Waals surface area contributed by atoms with Crippen LogP contribution in [0.4, 0.5) is 10.5 Å². The van der Waals surface area contributed by atoms with Gasteiger partial charge in [0, 0.05) is 5.69 Å². The van der Waals surface area contributed by atoms with Crippen LogP contribution in [0, 0.1) is 19.8 Å². The first-order chi connectivity index (χ1) is 14.2. The largest absolute Gasteiger partial charge is 0.480 e. The summed E-state index contributed by atoms with van der Waals surface area (Å²) in [7, 11) is 1.27. The zero-order valence-corrected chi connectivity index (χ0v) is 17.5. The van der Waals surface area contributed by atoms with Crippen molar-refractivity contribution in [3.8, 4) is 0 Å². The lowest BCUT2D eigenvalue weighted by atomic mass is 9.90. The van der Waals surface area contributed by atoms with Gasteiger partial charge in [0.1, 0.15) is 5.54 Å². The van der Waals surface area contributed by atoms with E-state index >= 15 is 0 Å². The van der Waals surface area contributed by atoms with E-state index in [9.17, 15) is 19.5 Å². The third kappa shape index (κ3) is 3.87. The average molecular weight is 410 g/mol. The molecule has 0 aromatic heterocycles. The number of amides is 2. The molecule has 7 heteroatoms. The fraction of sp³-hybridized carbons (Fsp3) is 0.348. The standard InChI is InChI=1S/C23H26N2O5/c1-14-8-10-17(11-9-14)24-22(29)25-19(16-7-5-6-15(2)12-16)18(20(26)30-4)13-23(25,3)21(27)28/h5-12,18-19H,13H2,1-4H3,(H,24,29)(H,27,28). The molecule has 7 nitrogen and oxygen atoms in total. The minimum Gasteiger partial charge on any atom is -0.480 e. The van der Waals surface area contributed by atoms with Crippen LogP contribution >= 0.6 is 0 Å². The zero-order valence-electron chi connectivity index (χ0n) is 17.5. The molecule has 1 saturated heterocycles. The normalized spacial score (nSPS) is 23.1. The number of carbonyl (C=O) groups excluding carboxylic acids is 2. The Kier molecular flexibility index (Phi) is 5.82. The molecule has 0 saturated carbocycles. The number of aryl methyl sites for hydroxylation is 2. The van der Waals surface area contributed by atoms with Crippen LogP contribution in [0.5, 0.6) is 0 Å². The lowest BCUT2D eigenvalue weighted by Crippen LogP contribution is -2.53. The molecule has 0 aliphatic carbocycles. The first-order valence-electron chi connectivity index (χ1n) is 9.72. The zero-order chi connectivity index (χ0) is 22.1. The predicted molar refractivity (Wildman–Crippen MR) is 112 cm³/mol. The van der Waals surface area contributed by atoms with Crippen molar-refractivity contribution in [3.05, 3.63) is 65.2 Å². The Labute approximate surface area is 175 Å². The first-order valence-corrected chi connectivity index (χ1v) is 9.72. The minimum atomic E-state index is -1.58. The van der Waals surface area contributed by atoms with E-state index in [1.807, 2.05) is 44.2 Å². The number of anilines is 1. The predicted octanol–water partition coefficient (Wildman–Crippen LogP) is 3.91. The van der Waals surface area contributed by atoms with E-state index < -0.39 is 35.5 Å². The summed E-state index contributed by atoms with van der Waals surface area (Å²) in [6.07, 6.45) is -0.0467. The molecule has 0 bridgehead atoms. The van der Waals surface area contributed by atoms with Crippen molar-refractivity contribution in [2.75, 3.05) is 12.4 Å². The molecule has 1 fully saturated rings. The summed E-state index contributed by atoms with van der Waals surface area (Å²) >= 11 is 0. The van der Waals surface area contributed by atoms with Crippen molar-refractivity contribution in [3.63, 3.8) is 0 Å². The van der Waals surface area contributed by atoms with Gasteiger partial charge in [-0.1, -0.05) is 47.5 Å². The number of nitrogens with one attached hydrogen (secondary N) is 1. The highest BCUT2D eigenvalue weighted by Crippen LogP contribution is 2.48. The van der Waals surface area contributed by atoms with Gasteiger partial charge in [-0.05, 0) is 44.9 Å². The van der Waals surface area contributed by atoms with E-state index in [1.54, 1.807) is 18.2 Å². The molecule has 3 atom stereocenters. The maximum absolute atomic E-state index is 13.3. The number of esters is 1. The minimum absolute atomic E-state index is 0.0467. The monoisotopic (exact) mass is 410 g/mol. The van der Waals surface area contributed by atoms with Gasteiger partial charge in [-0.15, -0.1) is 0 Å². The van der Waals surface area contributed by atoms with Gasteiger partial charge in [-0.25, -0.2) is 9.59 Å². The highest BCUT2D eigenvalue weighted by atomic mass is 16.5. The Hall–Kier alpha value is -3.35. The van der Waals surface area contributed by atoms with Gasteiger partial charge in [0.15, 0.2) is 0 Å². The summed E-state index contributed by atoms with van der Waals surface area (Å²) < 4.78 is 4.96. The molecular formula is C23H26N2O5. The summed E-state index contributed by atoms with van der Waals surface area (Å²) in [5, 5.41) is 12.8. The SMILES string of the molecule is COC(=O)C1CC(C)(C(=O)O)N(C(=O)Nc2ccc(C)cc2)C1c1cccc(C)c1. The van der Waals surface area contributed by atoms with Crippen LogP contribution in [0.15, 0.2) is 48.5 Å². The highest BCUT2D eigenvalue weighted by molar-refractivity contribution is 5.96. The van der Waals surface area contributed by atoms with Gasteiger partial charge >= 0.3 is 18.0 Å². The Balaban J connectivity index is 2.09. The van der Waals surface area contributed by atoms with E-state index in [0.29, 0.717) is 11.3 Å². The lowest BCUT2D eigenvalue weighted by molar-refractivity contribution is -0.147. The van der Waals surface area contributed by atoms with Gasteiger partial charge in [-0.3, -0.25) is 4.79 Å². The first kappa shape index (κ1) is 21.4. The van der Waals surface area contributed by atoms with Gasteiger partial charge in [0.05, 0.1) is 19.1 Å². The number of benzene rings is 2. The number of likely N-dealkylation sites (tertiary alicyclic amines) is 1. The molecular weight excluding hydrogens is 384 g/mol. The topological polar surface area (TPSA) is 95.9 Å². The molecule has 1 aliphatic rings. The summed E-state index contributed by atoms with van der Waals surface area (Å²) in [5.74, 6) is -2.52. The summed E-state index contributed by atoms with van der Waals surface area (Å²) in [6.45, 7) is 5.30. The lowest BCUT2D eigenvalue weighted by Gasteiger charge is -2.35. The van der Waals surface area contributed by atoms with Gasteiger partial charge in [-0.2, -0.15) is 0 Å². The Morgan fingerprint density at radius 2 is 1.77 bits per heavy atom. The number of carboxylic acid groups (broad SMARTS) is 1. The summed E-state index contributed by atoms with van der Waals surface area (Å²) in [4.78, 5) is 39.5. The second-order valence-corrected chi connectivity index (χ2v) is 7.94. The number of urea groups is 1. The summed E-state index contributed by atoms with van der Waals surface area (Å²) in [5.41, 5.74) is 1.63. The quantitative estimate of drug-likeness (QED) is 0.745. The number of hydrogen-bond donors (Lipinski definition) is 2. The van der Waals surface area contributed by atoms with Crippen LogP contribution < -0.4 is 5.32 Å². The fourth-order valence-corrected chi connectivity index (χ4v) is 4.09. The maximum atomic E-state index is 13.3. The van der Waals surface area contributed by atoms with Gasteiger partial charge in [0.2, 0.25) is 0 Å². The molecule has 1 aliphatic heterocycles. The van der Waals surface area contributed by atoms with Crippen molar-refractivity contribution < 1.29 is 24.2 Å². The number of ether oxygens (including phenoxy) is 1. The van der Waals surface area contributed by atoms with E-state index in [2.05, 4.69) is 5.32 Å². The molecule has 2 N–H and O–H groups in total. The van der Waals surface area contributed by atoms with Crippen molar-refractivity contribution in [2.24, 2.45) is 5.92 Å². The van der Waals surface area contributed by atoms with Crippen LogP contribution in [0.3, 0.4) is 0 Å². The highest BCUT2D eigenvalue weighted by Gasteiger charge is 2.58. The molecule has 30 heavy (non-hydrogen) atoms. The van der Waals surface area contributed by atoms with E-state index in [0.717, 1.165) is 11.1 Å². The molecule has 1 heterocycles. The van der Waals surface area contributed by atoms with E-state index in [-0.39, 0.29) is 6.42 Å². The number of carbonyl (C=O) groups is 3. The Morgan fingerprint density at radius 3 is 2.33 bits per heavy atom. The second-order valence-electron chi connectivity index (χ2n) is 7.94. The molecule has 3 unspecified atom stereocenters. The third-order valence-corrected chi connectivity index (χ3v) is 5.68. The molecule has 0 radical (unpaired) electrons. The smallest absolute Gasteiger partial charge is 0.329 e. The van der Waals surface area contributed by atoms with Crippen LogP contribution in [0.25, 0.3) is 0 Å². The molecule has 0 spiro atoms. The second kappa shape index (κ2) is 8.18. The Morgan fingerprint density at radius 1 is 1.10 bits per heavy atom. The molecule has 2 amide bonds. The van der Waals surface area contributed by atoms with Crippen LogP contribution in [0.1, 0.15) is 36.1 Å². The number of aliphatic carboxylic acids is 1. The molecule has 2 aromatic rings. The van der Waals surface area contributed by atoms with Crippen LogP contribution in [0.2, 0.25) is 0 Å². The summed E-state index contributed by atoms with van der Waals surface area (Å²) in [6, 6.07) is 13.2. The molecule has 2 aromatic carbocycles. The maximum Gasteiger partial charge on any atom is 0.329 e. The van der Waals surface area contributed by atoms with E-state index in [4.69, 9.17) is 4.74 Å². The third-order valence-electron chi connectivity index (χ3n) is 5.68. The number of carboxylic acids is 1. The van der Waals surface area contributed by atoms with E-state index in [1.165, 1.54) is 18.9 Å². The number of hydrogen-bond acceptors (Lipinski definition) is 4. The average Bonchev–Trinajstić information content (AvgIpc) is 3.04. The van der Waals surface area contributed by atoms with Crippen LogP contribution in [-0.2, 0) is 14.3 Å². The molecule has 3 rings (SSSR count). The Bertz CT molecular complexity index is 972. The fourth-order valence-electron chi connectivity index (χ4n) is 4.09. The number of methoxy groups -OCH3 is 1. The van der Waals surface area contributed by atoms with Crippen molar-refractivity contribution in [1.82, 2.24) is 4.90 Å². The van der Waals surface area contributed by atoms with Crippen molar-refractivity contribution >= 4 is 23.7 Å². The number of nitrogens with zero attached hydrogens (tertiary/aromatic N) is 1. The van der Waals surface area contributed by atoms with Crippen molar-refractivity contribution in [1.29, 1.82) is 0 Å².